The predicted octanol–water partition coefficient (Wildman–Crippen LogP) is 1.91. The molecule has 0 unspecified atom stereocenters. The fourth-order valence-corrected chi connectivity index (χ4v) is 3.42. The lowest BCUT2D eigenvalue weighted by Gasteiger charge is -2.26. The van der Waals surface area contributed by atoms with Gasteiger partial charge in [0.25, 0.3) is 0 Å². The number of nitrogens with one attached hydrogen (secondary N) is 1. The highest BCUT2D eigenvalue weighted by Gasteiger charge is 2.43. The maximum absolute atomic E-state index is 12.3. The molecule has 1 saturated carbocycles. The van der Waals surface area contributed by atoms with Gasteiger partial charge in [0, 0.05) is 11.1 Å². The maximum atomic E-state index is 12.3. The first-order valence-electron chi connectivity index (χ1n) is 6.04. The van der Waals surface area contributed by atoms with Crippen LogP contribution in [0.1, 0.15) is 35.6 Å². The molecule has 1 aromatic rings. The number of nitrogens with two attached hydrogens (primary N) is 1. The summed E-state index contributed by atoms with van der Waals surface area (Å²) in [5.41, 5.74) is 5.15. The summed E-state index contributed by atoms with van der Waals surface area (Å²) < 4.78 is 0. The number of carbonyl (C=O) groups excluding carboxylic acids is 1. The largest absolute Gasteiger partial charge is 0.392 e. The van der Waals surface area contributed by atoms with Crippen LogP contribution in [0, 0.1) is 12.3 Å². The lowest BCUT2D eigenvalue weighted by molar-refractivity contribution is -0.127. The highest BCUT2D eigenvalue weighted by molar-refractivity contribution is 7.80. The number of thiazole rings is 1. The Hall–Kier alpha value is -1.01. The molecule has 4 nitrogen and oxygen atoms in total. The number of aromatic nitrogens is 1. The lowest BCUT2D eigenvalue weighted by atomic mass is 9.85. The molecule has 0 spiro atoms. The van der Waals surface area contributed by atoms with Gasteiger partial charge in [-0.25, -0.2) is 4.98 Å². The van der Waals surface area contributed by atoms with E-state index in [9.17, 15) is 4.79 Å². The third-order valence-electron chi connectivity index (χ3n) is 3.46. The van der Waals surface area contributed by atoms with Gasteiger partial charge in [0.05, 0.1) is 22.0 Å². The Morgan fingerprint density at radius 2 is 2.28 bits per heavy atom. The van der Waals surface area contributed by atoms with Crippen molar-refractivity contribution in [1.82, 2.24) is 10.3 Å². The molecule has 1 amide bonds. The van der Waals surface area contributed by atoms with Gasteiger partial charge >= 0.3 is 0 Å². The van der Waals surface area contributed by atoms with Crippen molar-refractivity contribution in [3.05, 3.63) is 16.1 Å². The van der Waals surface area contributed by atoms with Crippen LogP contribution in [0.4, 0.5) is 0 Å². The summed E-state index contributed by atoms with van der Waals surface area (Å²) in [5, 5.41) is 3.94. The summed E-state index contributed by atoms with van der Waals surface area (Å²) in [6.07, 6.45) is 5.38. The van der Waals surface area contributed by atoms with E-state index in [2.05, 4.69) is 10.3 Å². The lowest BCUT2D eigenvalue weighted by Crippen LogP contribution is -2.46. The first kappa shape index (κ1) is 13.4. The van der Waals surface area contributed by atoms with Gasteiger partial charge in [-0.2, -0.15) is 0 Å². The smallest absolute Gasteiger partial charge is 0.233 e. The molecular weight excluding hydrogens is 266 g/mol. The van der Waals surface area contributed by atoms with Gasteiger partial charge in [0.1, 0.15) is 0 Å². The minimum Gasteiger partial charge on any atom is -0.392 e. The summed E-state index contributed by atoms with van der Waals surface area (Å²) in [6, 6.07) is 0. The van der Waals surface area contributed by atoms with Gasteiger partial charge in [0.15, 0.2) is 0 Å². The van der Waals surface area contributed by atoms with Gasteiger partial charge in [-0.1, -0.05) is 25.1 Å². The Balaban J connectivity index is 2.00. The van der Waals surface area contributed by atoms with Gasteiger partial charge in [-0.15, -0.1) is 11.3 Å². The van der Waals surface area contributed by atoms with E-state index in [1.807, 2.05) is 6.92 Å². The minimum absolute atomic E-state index is 0.0291. The van der Waals surface area contributed by atoms with Crippen LogP contribution in [0.25, 0.3) is 0 Å². The van der Waals surface area contributed by atoms with Crippen LogP contribution < -0.4 is 11.1 Å². The Labute approximate surface area is 116 Å². The Morgan fingerprint density at radius 1 is 1.61 bits per heavy atom. The number of amides is 1. The Morgan fingerprint density at radius 3 is 2.78 bits per heavy atom. The maximum Gasteiger partial charge on any atom is 0.233 e. The van der Waals surface area contributed by atoms with Gasteiger partial charge in [-0.3, -0.25) is 4.79 Å². The van der Waals surface area contributed by atoms with Crippen molar-refractivity contribution in [3.8, 4) is 0 Å². The van der Waals surface area contributed by atoms with Crippen molar-refractivity contribution in [2.24, 2.45) is 11.1 Å². The summed E-state index contributed by atoms with van der Waals surface area (Å²) in [5.74, 6) is -0.0291. The second-order valence-electron chi connectivity index (χ2n) is 4.68. The number of carbonyl (C=O) groups is 1. The molecule has 0 aliphatic heterocycles. The quantitative estimate of drug-likeness (QED) is 0.828. The first-order valence-corrected chi connectivity index (χ1v) is 7.26. The van der Waals surface area contributed by atoms with Crippen LogP contribution in [-0.4, -0.2) is 15.9 Å². The topological polar surface area (TPSA) is 68.0 Å². The SMILES string of the molecule is Cc1ncc(CNC(=O)C2(C(N)=S)CCCC2)s1. The van der Waals surface area contributed by atoms with E-state index in [0.717, 1.165) is 35.6 Å². The zero-order chi connectivity index (χ0) is 13.2. The Kier molecular flexibility index (Phi) is 3.97. The normalized spacial score (nSPS) is 17.6. The average Bonchev–Trinajstić information content (AvgIpc) is 2.95. The number of hydrogen-bond donors (Lipinski definition) is 2. The van der Waals surface area contributed by atoms with Crippen molar-refractivity contribution in [1.29, 1.82) is 0 Å². The van der Waals surface area contributed by atoms with Crippen LogP contribution in [0.2, 0.25) is 0 Å². The molecule has 6 heteroatoms. The van der Waals surface area contributed by atoms with Crippen molar-refractivity contribution in [2.45, 2.75) is 39.2 Å². The van der Waals surface area contributed by atoms with Crippen LogP contribution in [0.3, 0.4) is 0 Å². The molecule has 0 atom stereocenters. The highest BCUT2D eigenvalue weighted by Crippen LogP contribution is 2.38. The molecular formula is C12H17N3OS2. The van der Waals surface area contributed by atoms with E-state index in [1.165, 1.54) is 0 Å². The molecule has 18 heavy (non-hydrogen) atoms. The predicted molar refractivity (Wildman–Crippen MR) is 76.4 cm³/mol. The van der Waals surface area contributed by atoms with E-state index < -0.39 is 5.41 Å². The molecule has 0 saturated heterocycles. The molecule has 98 valence electrons. The first-order chi connectivity index (χ1) is 8.54. The second kappa shape index (κ2) is 5.32. The summed E-state index contributed by atoms with van der Waals surface area (Å²) in [7, 11) is 0. The number of aryl methyl sites for hydroxylation is 1. The van der Waals surface area contributed by atoms with E-state index in [1.54, 1.807) is 17.5 Å². The standard InChI is InChI=1S/C12H17N3OS2/c1-8-14-6-9(18-8)7-15-11(16)12(10(13)17)4-2-3-5-12/h6H,2-5,7H2,1H3,(H2,13,17)(H,15,16). The summed E-state index contributed by atoms with van der Waals surface area (Å²) in [4.78, 5) is 17.8. The monoisotopic (exact) mass is 283 g/mol. The van der Waals surface area contributed by atoms with Crippen LogP contribution in [0.15, 0.2) is 6.20 Å². The zero-order valence-electron chi connectivity index (χ0n) is 10.4. The van der Waals surface area contributed by atoms with E-state index in [4.69, 9.17) is 18.0 Å². The zero-order valence-corrected chi connectivity index (χ0v) is 12.0. The fourth-order valence-electron chi connectivity index (χ4n) is 2.39. The molecule has 0 radical (unpaired) electrons. The molecule has 1 fully saturated rings. The molecule has 1 aromatic heterocycles. The van der Waals surface area contributed by atoms with Crippen LogP contribution in [-0.2, 0) is 11.3 Å². The van der Waals surface area contributed by atoms with E-state index in [-0.39, 0.29) is 5.91 Å². The number of nitrogens with zero attached hydrogens (tertiary/aromatic N) is 1. The minimum atomic E-state index is -0.616. The number of hydrogen-bond acceptors (Lipinski definition) is 4. The number of rotatable bonds is 4. The molecule has 2 rings (SSSR count). The van der Waals surface area contributed by atoms with E-state index >= 15 is 0 Å². The summed E-state index contributed by atoms with van der Waals surface area (Å²) >= 11 is 6.68. The van der Waals surface area contributed by atoms with E-state index in [0.29, 0.717) is 11.5 Å². The van der Waals surface area contributed by atoms with Crippen molar-refractivity contribution >= 4 is 34.5 Å². The average molecular weight is 283 g/mol. The third kappa shape index (κ3) is 2.54. The third-order valence-corrected chi connectivity index (χ3v) is 4.76. The van der Waals surface area contributed by atoms with Gasteiger partial charge < -0.3 is 11.1 Å². The second-order valence-corrected chi connectivity index (χ2v) is 6.44. The molecule has 0 aromatic carbocycles. The molecule has 1 aliphatic rings. The van der Waals surface area contributed by atoms with Crippen LogP contribution in [0.5, 0.6) is 0 Å². The molecule has 1 aliphatic carbocycles. The molecule has 1 heterocycles. The molecule has 3 N–H and O–H groups in total. The molecule has 0 bridgehead atoms. The number of thiocarbonyl (C=S) groups is 1. The Bertz CT molecular complexity index is 464. The van der Waals surface area contributed by atoms with Crippen molar-refractivity contribution in [2.75, 3.05) is 0 Å². The fraction of sp³-hybridized carbons (Fsp3) is 0.583. The van der Waals surface area contributed by atoms with Gasteiger partial charge in [0.2, 0.25) is 5.91 Å². The highest BCUT2D eigenvalue weighted by atomic mass is 32.1. The van der Waals surface area contributed by atoms with Crippen molar-refractivity contribution < 1.29 is 4.79 Å². The summed E-state index contributed by atoms with van der Waals surface area (Å²) in [6.45, 7) is 2.46. The van der Waals surface area contributed by atoms with Gasteiger partial charge in [-0.05, 0) is 19.8 Å². The van der Waals surface area contributed by atoms with Crippen LogP contribution >= 0.6 is 23.6 Å². The van der Waals surface area contributed by atoms with Crippen molar-refractivity contribution in [3.63, 3.8) is 0 Å².